The van der Waals surface area contributed by atoms with Gasteiger partial charge in [0.15, 0.2) is 11.5 Å². The first-order valence-electron chi connectivity index (χ1n) is 9.86. The zero-order valence-electron chi connectivity index (χ0n) is 18.5. The van der Waals surface area contributed by atoms with Crippen LogP contribution in [0.25, 0.3) is 0 Å². The normalized spacial score (nSPS) is 10.4. The quantitative estimate of drug-likeness (QED) is 0.420. The SMILES string of the molecule is COc1ccc(CN(C(=O)CSc2ccccn2)c2cc(OC)c(OC)c(OC)c2)cc1. The molecule has 1 amide bonds. The van der Waals surface area contributed by atoms with Crippen LogP contribution in [-0.2, 0) is 11.3 Å². The number of hydrogen-bond acceptors (Lipinski definition) is 7. The van der Waals surface area contributed by atoms with Gasteiger partial charge in [-0.3, -0.25) is 4.79 Å². The topological polar surface area (TPSA) is 70.1 Å². The molecule has 7 nitrogen and oxygen atoms in total. The van der Waals surface area contributed by atoms with Crippen LogP contribution in [0.5, 0.6) is 23.0 Å². The number of benzene rings is 2. The molecule has 0 saturated carbocycles. The predicted molar refractivity (Wildman–Crippen MR) is 125 cm³/mol. The molecule has 0 atom stereocenters. The van der Waals surface area contributed by atoms with E-state index < -0.39 is 0 Å². The summed E-state index contributed by atoms with van der Waals surface area (Å²) >= 11 is 1.39. The van der Waals surface area contributed by atoms with Gasteiger partial charge in [-0.25, -0.2) is 4.98 Å². The molecule has 1 aromatic heterocycles. The smallest absolute Gasteiger partial charge is 0.237 e. The van der Waals surface area contributed by atoms with E-state index in [1.165, 1.54) is 11.8 Å². The van der Waals surface area contributed by atoms with Gasteiger partial charge in [-0.2, -0.15) is 0 Å². The van der Waals surface area contributed by atoms with E-state index in [4.69, 9.17) is 18.9 Å². The van der Waals surface area contributed by atoms with Gasteiger partial charge in [-0.05, 0) is 29.8 Å². The maximum Gasteiger partial charge on any atom is 0.237 e. The number of hydrogen-bond donors (Lipinski definition) is 0. The number of ether oxygens (including phenoxy) is 4. The fourth-order valence-corrected chi connectivity index (χ4v) is 3.84. The lowest BCUT2D eigenvalue weighted by atomic mass is 10.1. The van der Waals surface area contributed by atoms with E-state index in [1.807, 2.05) is 42.5 Å². The Kier molecular flexibility index (Phi) is 8.21. The minimum absolute atomic E-state index is 0.0780. The van der Waals surface area contributed by atoms with Crippen LogP contribution >= 0.6 is 11.8 Å². The van der Waals surface area contributed by atoms with Gasteiger partial charge in [0.25, 0.3) is 0 Å². The Morgan fingerprint density at radius 3 is 2.12 bits per heavy atom. The summed E-state index contributed by atoms with van der Waals surface area (Å²) in [5.74, 6) is 2.33. The lowest BCUT2D eigenvalue weighted by Crippen LogP contribution is -2.32. The minimum Gasteiger partial charge on any atom is -0.497 e. The second-order valence-electron chi connectivity index (χ2n) is 6.67. The van der Waals surface area contributed by atoms with Crippen molar-refractivity contribution in [2.45, 2.75) is 11.6 Å². The fourth-order valence-electron chi connectivity index (χ4n) is 3.11. The zero-order valence-corrected chi connectivity index (χ0v) is 19.3. The van der Waals surface area contributed by atoms with Crippen molar-refractivity contribution in [3.05, 3.63) is 66.4 Å². The zero-order chi connectivity index (χ0) is 22.9. The van der Waals surface area contributed by atoms with Crippen molar-refractivity contribution in [2.24, 2.45) is 0 Å². The van der Waals surface area contributed by atoms with Gasteiger partial charge in [-0.15, -0.1) is 0 Å². The number of aromatic nitrogens is 1. The highest BCUT2D eigenvalue weighted by atomic mass is 32.2. The first-order valence-corrected chi connectivity index (χ1v) is 10.8. The number of carbonyl (C=O) groups is 1. The molecule has 32 heavy (non-hydrogen) atoms. The average molecular weight is 455 g/mol. The van der Waals surface area contributed by atoms with E-state index in [1.54, 1.807) is 51.7 Å². The maximum absolute atomic E-state index is 13.3. The van der Waals surface area contributed by atoms with Gasteiger partial charge >= 0.3 is 0 Å². The van der Waals surface area contributed by atoms with Crippen LogP contribution in [0.4, 0.5) is 5.69 Å². The minimum atomic E-state index is -0.0780. The third-order valence-corrected chi connectivity index (χ3v) is 5.67. The van der Waals surface area contributed by atoms with E-state index in [9.17, 15) is 4.79 Å². The number of rotatable bonds is 10. The van der Waals surface area contributed by atoms with Crippen molar-refractivity contribution in [2.75, 3.05) is 39.1 Å². The number of methoxy groups -OCH3 is 4. The molecule has 1 heterocycles. The number of carbonyl (C=O) groups excluding carboxylic acids is 1. The molecule has 0 saturated heterocycles. The number of pyridine rings is 1. The highest BCUT2D eigenvalue weighted by Crippen LogP contribution is 2.41. The Hall–Kier alpha value is -3.39. The van der Waals surface area contributed by atoms with E-state index in [0.29, 0.717) is 29.5 Å². The third-order valence-electron chi connectivity index (χ3n) is 4.74. The number of anilines is 1. The molecule has 3 rings (SSSR count). The van der Waals surface area contributed by atoms with Crippen LogP contribution < -0.4 is 23.8 Å². The molecule has 0 unspecified atom stereocenters. The van der Waals surface area contributed by atoms with Crippen molar-refractivity contribution in [3.63, 3.8) is 0 Å². The van der Waals surface area contributed by atoms with Crippen LogP contribution in [-0.4, -0.2) is 45.1 Å². The predicted octanol–water partition coefficient (Wildman–Crippen LogP) is 4.44. The van der Waals surface area contributed by atoms with Crippen LogP contribution in [0.15, 0.2) is 65.8 Å². The first-order chi connectivity index (χ1) is 15.6. The summed E-state index contributed by atoms with van der Waals surface area (Å²) in [6.45, 7) is 0.365. The van der Waals surface area contributed by atoms with Crippen molar-refractivity contribution >= 4 is 23.4 Å². The molecule has 2 aromatic carbocycles. The molecule has 0 aliphatic rings. The molecule has 0 aliphatic carbocycles. The van der Waals surface area contributed by atoms with Crippen molar-refractivity contribution < 1.29 is 23.7 Å². The summed E-state index contributed by atoms with van der Waals surface area (Å²) in [4.78, 5) is 19.3. The van der Waals surface area contributed by atoms with Crippen LogP contribution in [0, 0.1) is 0 Å². The Morgan fingerprint density at radius 2 is 1.59 bits per heavy atom. The Bertz CT molecular complexity index is 1000. The lowest BCUT2D eigenvalue weighted by Gasteiger charge is -2.25. The molecular formula is C24H26N2O5S. The Morgan fingerprint density at radius 1 is 0.906 bits per heavy atom. The molecular weight excluding hydrogens is 428 g/mol. The molecule has 0 bridgehead atoms. The van der Waals surface area contributed by atoms with Gasteiger partial charge in [0.2, 0.25) is 11.7 Å². The van der Waals surface area contributed by atoms with E-state index in [-0.39, 0.29) is 11.7 Å². The van der Waals surface area contributed by atoms with Gasteiger partial charge < -0.3 is 23.8 Å². The highest BCUT2D eigenvalue weighted by molar-refractivity contribution is 7.99. The number of amides is 1. The van der Waals surface area contributed by atoms with Gasteiger partial charge in [-0.1, -0.05) is 30.0 Å². The molecule has 0 radical (unpaired) electrons. The molecule has 0 N–H and O–H groups in total. The largest absolute Gasteiger partial charge is 0.497 e. The summed E-state index contributed by atoms with van der Waals surface area (Å²) < 4.78 is 21.6. The van der Waals surface area contributed by atoms with E-state index in [0.717, 1.165) is 16.3 Å². The summed E-state index contributed by atoms with van der Waals surface area (Å²) in [6.07, 6.45) is 1.71. The molecule has 0 spiro atoms. The average Bonchev–Trinajstić information content (AvgIpc) is 2.85. The van der Waals surface area contributed by atoms with Crippen LogP contribution in [0.2, 0.25) is 0 Å². The Balaban J connectivity index is 1.94. The van der Waals surface area contributed by atoms with Crippen LogP contribution in [0.1, 0.15) is 5.56 Å². The van der Waals surface area contributed by atoms with Gasteiger partial charge in [0.1, 0.15) is 5.75 Å². The highest BCUT2D eigenvalue weighted by Gasteiger charge is 2.22. The maximum atomic E-state index is 13.3. The van der Waals surface area contributed by atoms with E-state index >= 15 is 0 Å². The molecule has 168 valence electrons. The summed E-state index contributed by atoms with van der Waals surface area (Å²) in [5, 5.41) is 0.787. The monoisotopic (exact) mass is 454 g/mol. The summed E-state index contributed by atoms with van der Waals surface area (Å²) in [6, 6.07) is 16.8. The first kappa shape index (κ1) is 23.3. The fraction of sp³-hybridized carbons (Fsp3) is 0.250. The molecule has 0 fully saturated rings. The molecule has 0 aliphatic heterocycles. The van der Waals surface area contributed by atoms with Crippen molar-refractivity contribution in [1.29, 1.82) is 0 Å². The number of thioether (sulfide) groups is 1. The number of nitrogens with zero attached hydrogens (tertiary/aromatic N) is 2. The summed E-state index contributed by atoms with van der Waals surface area (Å²) in [7, 11) is 6.26. The van der Waals surface area contributed by atoms with Crippen LogP contribution in [0.3, 0.4) is 0 Å². The molecule has 3 aromatic rings. The standard InChI is InChI=1S/C24H26N2O5S/c1-28-19-10-8-17(9-11-19)15-26(23(27)16-32-22-7-5-6-12-25-22)18-13-20(29-2)24(31-4)21(14-18)30-3/h5-14H,15-16H2,1-4H3. The van der Waals surface area contributed by atoms with Gasteiger partial charge in [0, 0.05) is 18.3 Å². The lowest BCUT2D eigenvalue weighted by molar-refractivity contribution is -0.116. The second kappa shape index (κ2) is 11.3. The van der Waals surface area contributed by atoms with E-state index in [2.05, 4.69) is 4.98 Å². The second-order valence-corrected chi connectivity index (χ2v) is 7.66. The van der Waals surface area contributed by atoms with Gasteiger partial charge in [0.05, 0.1) is 51.5 Å². The third kappa shape index (κ3) is 5.64. The van der Waals surface area contributed by atoms with Crippen molar-refractivity contribution in [1.82, 2.24) is 4.98 Å². The van der Waals surface area contributed by atoms with Crippen molar-refractivity contribution in [3.8, 4) is 23.0 Å². The molecule has 8 heteroatoms. The Labute approximate surface area is 192 Å². The summed E-state index contributed by atoms with van der Waals surface area (Å²) in [5.41, 5.74) is 1.60.